The highest BCUT2D eigenvalue weighted by atomic mass is 16.6. The molecule has 0 amide bonds. The quantitative estimate of drug-likeness (QED) is 0.195. The van der Waals surface area contributed by atoms with Gasteiger partial charge in [-0.1, -0.05) is 6.92 Å². The number of nitrogens with two attached hydrogens (primary N) is 3. The molecule has 6 heteroatoms. The zero-order valence-corrected chi connectivity index (χ0v) is 8.86. The van der Waals surface area contributed by atoms with Crippen molar-refractivity contribution >= 4 is 11.9 Å². The average Bonchev–Trinajstić information content (AvgIpc) is 2.15. The normalized spacial score (nSPS) is 10.1. The van der Waals surface area contributed by atoms with Crippen LogP contribution in [0.3, 0.4) is 0 Å². The van der Waals surface area contributed by atoms with Gasteiger partial charge in [0.05, 0.1) is 0 Å². The van der Waals surface area contributed by atoms with Crippen LogP contribution in [0.25, 0.3) is 0 Å². The van der Waals surface area contributed by atoms with Gasteiger partial charge in [-0.3, -0.25) is 0 Å². The molecule has 0 bridgehead atoms. The molecule has 0 aliphatic carbocycles. The number of unbranched alkanes of at least 4 members (excludes halogenated alkanes) is 1. The van der Waals surface area contributed by atoms with Crippen molar-refractivity contribution in [3.05, 3.63) is 0 Å². The van der Waals surface area contributed by atoms with Crippen molar-refractivity contribution in [1.29, 1.82) is 0 Å². The van der Waals surface area contributed by atoms with Gasteiger partial charge in [-0.25, -0.2) is 0 Å². The van der Waals surface area contributed by atoms with E-state index in [9.17, 15) is 0 Å². The first-order valence-electron chi connectivity index (χ1n) is 4.67. The fourth-order valence-electron chi connectivity index (χ4n) is 0.703. The molecule has 0 aliphatic heterocycles. The van der Waals surface area contributed by atoms with Gasteiger partial charge in [-0.05, 0) is 11.6 Å². The third kappa shape index (κ3) is 10.0. The Morgan fingerprint density at radius 1 is 1.27 bits per heavy atom. The number of rotatable bonds is 4. The maximum atomic E-state index is 5.29. The van der Waals surface area contributed by atoms with Crippen molar-refractivity contribution in [1.82, 2.24) is 0 Å². The van der Waals surface area contributed by atoms with Gasteiger partial charge in [0.1, 0.15) is 6.61 Å². The molecule has 0 unspecified atom stereocenters. The van der Waals surface area contributed by atoms with Gasteiger partial charge in [0.2, 0.25) is 0 Å². The Bertz CT molecular complexity index is 283. The molecule has 0 aromatic carbocycles. The predicted octanol–water partition coefficient (Wildman–Crippen LogP) is -0.300. The molecular weight excluding hydrogens is 194 g/mol. The second-order valence-corrected chi connectivity index (χ2v) is 2.63. The second-order valence-electron chi connectivity index (χ2n) is 2.63. The van der Waals surface area contributed by atoms with Gasteiger partial charge in [0.25, 0.3) is 5.96 Å². The van der Waals surface area contributed by atoms with E-state index in [0.717, 1.165) is 19.3 Å². The molecule has 0 aromatic heterocycles. The van der Waals surface area contributed by atoms with Crippen molar-refractivity contribution in [2.45, 2.75) is 26.2 Å². The van der Waals surface area contributed by atoms with Crippen LogP contribution >= 0.6 is 0 Å². The lowest BCUT2D eigenvalue weighted by molar-refractivity contribution is 0.142. The first-order valence-corrected chi connectivity index (χ1v) is 4.67. The van der Waals surface area contributed by atoms with Crippen LogP contribution in [-0.4, -0.2) is 18.5 Å². The first kappa shape index (κ1) is 13.1. The molecule has 0 radical (unpaired) electrons. The summed E-state index contributed by atoms with van der Waals surface area (Å²) in [6, 6.07) is 0. The summed E-state index contributed by atoms with van der Waals surface area (Å²) >= 11 is 0. The number of hydrogen-bond acceptors (Lipinski definition) is 2. The topological polar surface area (TPSA) is 112 Å². The second kappa shape index (κ2) is 8.69. The Hall–Kier alpha value is -1.90. The number of hydrogen-bond donors (Lipinski definition) is 3. The summed E-state index contributed by atoms with van der Waals surface area (Å²) in [5, 5.41) is 3.48. The van der Waals surface area contributed by atoms with Crippen molar-refractivity contribution < 1.29 is 4.84 Å². The van der Waals surface area contributed by atoms with Crippen LogP contribution < -0.4 is 17.2 Å². The van der Waals surface area contributed by atoms with Crippen LogP contribution in [0, 0.1) is 11.8 Å². The van der Waals surface area contributed by atoms with E-state index in [1.54, 1.807) is 0 Å². The maximum absolute atomic E-state index is 5.29. The summed E-state index contributed by atoms with van der Waals surface area (Å²) < 4.78 is 0. The zero-order valence-electron chi connectivity index (χ0n) is 8.86. The Labute approximate surface area is 89.5 Å². The van der Waals surface area contributed by atoms with Crippen molar-refractivity contribution in [2.75, 3.05) is 6.61 Å². The molecule has 0 saturated heterocycles. The molecule has 6 nitrogen and oxygen atoms in total. The molecule has 0 rings (SSSR count). The van der Waals surface area contributed by atoms with E-state index < -0.39 is 0 Å². The molecule has 0 spiro atoms. The van der Waals surface area contributed by atoms with Crippen LogP contribution in [0.5, 0.6) is 0 Å². The number of nitrogens with zero attached hydrogens (tertiary/aromatic N) is 2. The van der Waals surface area contributed by atoms with Gasteiger partial charge in [0, 0.05) is 12.8 Å². The first-order chi connectivity index (χ1) is 7.16. The molecule has 0 atom stereocenters. The van der Waals surface area contributed by atoms with E-state index in [1.807, 2.05) is 6.92 Å². The Morgan fingerprint density at radius 3 is 2.60 bits per heavy atom. The Morgan fingerprint density at radius 2 is 2.00 bits per heavy atom. The largest absolute Gasteiger partial charge is 0.393 e. The molecular formula is C9H17N5O. The standard InChI is InChI=1S/C9H17N5O/c1-2-3-4-5-6-7-15-14-9(12)13-8(10)11/h2,5-7H2,1H3,(H6,10,11,12,13,14). The van der Waals surface area contributed by atoms with Crippen molar-refractivity contribution in [2.24, 2.45) is 27.3 Å². The summed E-state index contributed by atoms with van der Waals surface area (Å²) in [6.07, 6.45) is 2.45. The SMILES string of the molecule is CCC#CCCCO/N=C(\N)N=C(N)N. The monoisotopic (exact) mass is 211 g/mol. The molecule has 0 saturated carbocycles. The van der Waals surface area contributed by atoms with E-state index in [-0.39, 0.29) is 11.9 Å². The molecule has 6 N–H and O–H groups in total. The molecule has 0 heterocycles. The molecule has 84 valence electrons. The smallest absolute Gasteiger partial charge is 0.260 e. The summed E-state index contributed by atoms with van der Waals surface area (Å²) in [6.45, 7) is 2.45. The maximum Gasteiger partial charge on any atom is 0.260 e. The highest BCUT2D eigenvalue weighted by molar-refractivity contribution is 5.92. The molecule has 15 heavy (non-hydrogen) atoms. The minimum atomic E-state index is -0.145. The lowest BCUT2D eigenvalue weighted by Gasteiger charge is -1.96. The van der Waals surface area contributed by atoms with Gasteiger partial charge >= 0.3 is 0 Å². The lowest BCUT2D eigenvalue weighted by atomic mass is 10.3. The van der Waals surface area contributed by atoms with Crippen LogP contribution in [0.4, 0.5) is 0 Å². The molecule has 0 aliphatic rings. The van der Waals surface area contributed by atoms with Crippen LogP contribution in [0.1, 0.15) is 26.2 Å². The summed E-state index contributed by atoms with van der Waals surface area (Å²) in [5.41, 5.74) is 15.4. The van der Waals surface area contributed by atoms with Gasteiger partial charge < -0.3 is 22.0 Å². The number of aliphatic imine (C=N–C) groups is 1. The van der Waals surface area contributed by atoms with Crippen LogP contribution in [0.15, 0.2) is 10.1 Å². The number of oxime groups is 1. The van der Waals surface area contributed by atoms with E-state index in [2.05, 4.69) is 22.0 Å². The summed E-state index contributed by atoms with van der Waals surface area (Å²) in [7, 11) is 0. The van der Waals surface area contributed by atoms with E-state index in [1.165, 1.54) is 0 Å². The highest BCUT2D eigenvalue weighted by Crippen LogP contribution is 1.89. The van der Waals surface area contributed by atoms with Crippen LogP contribution in [-0.2, 0) is 4.84 Å². The van der Waals surface area contributed by atoms with E-state index >= 15 is 0 Å². The van der Waals surface area contributed by atoms with Gasteiger partial charge in [-0.2, -0.15) is 4.99 Å². The number of guanidine groups is 2. The fourth-order valence-corrected chi connectivity index (χ4v) is 0.703. The minimum absolute atomic E-state index is 0.0883. The van der Waals surface area contributed by atoms with E-state index in [4.69, 9.17) is 22.0 Å². The molecule has 0 fully saturated rings. The zero-order chi connectivity index (χ0) is 11.5. The average molecular weight is 211 g/mol. The van der Waals surface area contributed by atoms with Gasteiger partial charge in [0.15, 0.2) is 5.96 Å². The summed E-state index contributed by atoms with van der Waals surface area (Å²) in [5.74, 6) is 5.70. The van der Waals surface area contributed by atoms with Crippen LogP contribution in [0.2, 0.25) is 0 Å². The van der Waals surface area contributed by atoms with Crippen molar-refractivity contribution in [3.8, 4) is 11.8 Å². The van der Waals surface area contributed by atoms with Crippen molar-refractivity contribution in [3.63, 3.8) is 0 Å². The molecule has 0 aromatic rings. The predicted molar refractivity (Wildman–Crippen MR) is 60.7 cm³/mol. The fraction of sp³-hybridized carbons (Fsp3) is 0.556. The lowest BCUT2D eigenvalue weighted by Crippen LogP contribution is -2.26. The van der Waals surface area contributed by atoms with Gasteiger partial charge in [-0.15, -0.1) is 11.8 Å². The third-order valence-electron chi connectivity index (χ3n) is 1.24. The highest BCUT2D eigenvalue weighted by Gasteiger charge is 1.89. The Kier molecular flexibility index (Phi) is 7.59. The minimum Gasteiger partial charge on any atom is -0.393 e. The Balaban J connectivity index is 3.57. The van der Waals surface area contributed by atoms with E-state index in [0.29, 0.717) is 6.61 Å². The third-order valence-corrected chi connectivity index (χ3v) is 1.24. The summed E-state index contributed by atoms with van der Waals surface area (Å²) in [4.78, 5) is 8.33.